The van der Waals surface area contributed by atoms with Gasteiger partial charge in [0.2, 0.25) is 0 Å². The zero-order valence-corrected chi connectivity index (χ0v) is 27.8. The molecule has 10 aromatic carbocycles. The molecule has 1 aromatic heterocycles. The van der Waals surface area contributed by atoms with E-state index in [1.54, 1.807) is 0 Å². The second-order valence-corrected chi connectivity index (χ2v) is 13.7. The summed E-state index contributed by atoms with van der Waals surface area (Å²) in [5.74, 6) is 0. The topological polar surface area (TPSA) is 15.8 Å². The van der Waals surface area contributed by atoms with E-state index in [1.807, 2.05) is 0 Å². The van der Waals surface area contributed by atoms with Crippen molar-refractivity contribution >= 4 is 75.7 Å². The van der Waals surface area contributed by atoms with Crippen LogP contribution >= 0.6 is 0 Å². The first kappa shape index (κ1) is 28.2. The number of fused-ring (bicyclic) bond motifs is 11. The molecule has 0 saturated carbocycles. The Morgan fingerprint density at radius 3 is 1.53 bits per heavy atom. The molecule has 51 heavy (non-hydrogen) atoms. The Balaban J connectivity index is 1.15. The lowest BCUT2D eigenvalue weighted by Gasteiger charge is -2.19. The number of benzene rings is 10. The number of rotatable bonds is 3. The number of aromatic amines is 1. The summed E-state index contributed by atoms with van der Waals surface area (Å²) in [6.45, 7) is 0. The fraction of sp³-hybridized carbons (Fsp3) is 0. The largest absolute Gasteiger partial charge is 0.354 e. The molecule has 0 atom stereocenters. The van der Waals surface area contributed by atoms with Crippen molar-refractivity contribution in [2.75, 3.05) is 0 Å². The van der Waals surface area contributed by atoms with E-state index in [0.29, 0.717) is 0 Å². The monoisotopic (exact) mass is 645 g/mol. The molecular formula is C50H31N. The minimum atomic E-state index is 1.16. The van der Waals surface area contributed by atoms with Crippen molar-refractivity contribution in [1.29, 1.82) is 0 Å². The summed E-state index contributed by atoms with van der Waals surface area (Å²) in [4.78, 5) is 3.80. The van der Waals surface area contributed by atoms with Crippen LogP contribution in [0.25, 0.3) is 109 Å². The normalized spacial score (nSPS) is 11.9. The van der Waals surface area contributed by atoms with Gasteiger partial charge in [-0.25, -0.2) is 0 Å². The van der Waals surface area contributed by atoms with Gasteiger partial charge in [0.05, 0.1) is 5.52 Å². The van der Waals surface area contributed by atoms with E-state index in [0.717, 1.165) is 5.52 Å². The van der Waals surface area contributed by atoms with Gasteiger partial charge in [-0.2, -0.15) is 0 Å². The summed E-state index contributed by atoms with van der Waals surface area (Å²) in [6.07, 6.45) is 0. The Bertz CT molecular complexity index is 3130. The average Bonchev–Trinajstić information content (AvgIpc) is 3.59. The summed E-state index contributed by atoms with van der Waals surface area (Å²) < 4.78 is 0. The Morgan fingerprint density at radius 2 is 0.804 bits per heavy atom. The maximum atomic E-state index is 3.80. The van der Waals surface area contributed by atoms with Crippen LogP contribution in [0.1, 0.15) is 0 Å². The van der Waals surface area contributed by atoms with Crippen molar-refractivity contribution < 1.29 is 0 Å². The maximum Gasteiger partial charge on any atom is 0.0551 e. The van der Waals surface area contributed by atoms with Crippen LogP contribution in [0, 0.1) is 0 Å². The van der Waals surface area contributed by atoms with E-state index < -0.39 is 0 Å². The highest BCUT2D eigenvalue weighted by Crippen LogP contribution is 2.46. The molecule has 0 amide bonds. The van der Waals surface area contributed by atoms with Gasteiger partial charge < -0.3 is 4.98 Å². The molecule has 0 aliphatic carbocycles. The molecule has 1 heterocycles. The average molecular weight is 646 g/mol. The maximum absolute atomic E-state index is 3.80. The summed E-state index contributed by atoms with van der Waals surface area (Å²) in [7, 11) is 0. The highest BCUT2D eigenvalue weighted by molar-refractivity contribution is 6.31. The quantitative estimate of drug-likeness (QED) is 0.145. The molecule has 0 radical (unpaired) electrons. The second-order valence-electron chi connectivity index (χ2n) is 13.7. The third-order valence-electron chi connectivity index (χ3n) is 11.0. The van der Waals surface area contributed by atoms with Crippen LogP contribution < -0.4 is 0 Å². The minimum absolute atomic E-state index is 1.16. The van der Waals surface area contributed by atoms with Crippen molar-refractivity contribution in [1.82, 2.24) is 4.98 Å². The molecule has 1 nitrogen and oxygen atoms in total. The molecule has 0 aliphatic heterocycles. The molecule has 11 aromatic rings. The third kappa shape index (κ3) is 4.16. The minimum Gasteiger partial charge on any atom is -0.354 e. The summed E-state index contributed by atoms with van der Waals surface area (Å²) in [5.41, 5.74) is 9.85. The number of aromatic nitrogens is 1. The molecule has 11 rings (SSSR count). The predicted octanol–water partition coefficient (Wildman–Crippen LogP) is 14.1. The first-order valence-electron chi connectivity index (χ1n) is 17.7. The molecule has 0 bridgehead atoms. The van der Waals surface area contributed by atoms with Crippen LogP contribution in [0.15, 0.2) is 182 Å². The van der Waals surface area contributed by atoms with Crippen molar-refractivity contribution in [2.24, 2.45) is 0 Å². The van der Waals surface area contributed by atoms with Gasteiger partial charge in [-0.15, -0.1) is 0 Å². The summed E-state index contributed by atoms with van der Waals surface area (Å²) in [6, 6.07) is 66.9. The lowest BCUT2D eigenvalue weighted by molar-refractivity contribution is 1.56. The smallest absolute Gasteiger partial charge is 0.0551 e. The lowest BCUT2D eigenvalue weighted by Crippen LogP contribution is -1.92. The van der Waals surface area contributed by atoms with Crippen molar-refractivity contribution in [3.8, 4) is 33.4 Å². The molecule has 0 spiro atoms. The van der Waals surface area contributed by atoms with Gasteiger partial charge in [-0.05, 0) is 100 Å². The van der Waals surface area contributed by atoms with E-state index in [2.05, 4.69) is 187 Å². The second kappa shape index (κ2) is 10.9. The first-order valence-corrected chi connectivity index (χ1v) is 17.7. The fourth-order valence-electron chi connectivity index (χ4n) is 8.75. The Labute approximate surface area is 295 Å². The predicted molar refractivity (Wildman–Crippen MR) is 220 cm³/mol. The molecule has 0 aliphatic rings. The van der Waals surface area contributed by atoms with E-state index in [4.69, 9.17) is 0 Å². The van der Waals surface area contributed by atoms with Crippen LogP contribution in [0.5, 0.6) is 0 Å². The zero-order chi connectivity index (χ0) is 33.5. The van der Waals surface area contributed by atoms with Gasteiger partial charge in [-0.3, -0.25) is 0 Å². The standard InChI is InChI=1S/C50H31N/c1-2-17-35-31(13-1)14-12-26-38(35)48-42-23-8-6-21-40(42)47(41-22-7-9-24-43(41)48)34-16-11-15-32(29-34)33-27-28-46-45(30-33)49-39-20-5-3-18-36(39)37-19-4-10-25-44(37)50(49)51-46/h1-30,51H. The van der Waals surface area contributed by atoms with Gasteiger partial charge in [0.25, 0.3) is 0 Å². The van der Waals surface area contributed by atoms with Crippen molar-refractivity contribution in [3.63, 3.8) is 0 Å². The molecule has 0 saturated heterocycles. The Morgan fingerprint density at radius 1 is 0.294 bits per heavy atom. The molecule has 236 valence electrons. The van der Waals surface area contributed by atoms with E-state index in [9.17, 15) is 0 Å². The SMILES string of the molecule is c1cc(-c2ccc3[nH]c4c5ccccc5c5ccccc5c4c3c2)cc(-c2c3ccccc3c(-c3cccc4ccccc34)c3ccccc23)c1. The number of hydrogen-bond acceptors (Lipinski definition) is 0. The molecule has 0 fully saturated rings. The fourth-order valence-corrected chi connectivity index (χ4v) is 8.75. The Kier molecular flexibility index (Phi) is 6.02. The van der Waals surface area contributed by atoms with Crippen molar-refractivity contribution in [3.05, 3.63) is 182 Å². The van der Waals surface area contributed by atoms with Crippen LogP contribution in [0.2, 0.25) is 0 Å². The molecule has 1 heteroatoms. The first-order chi connectivity index (χ1) is 25.3. The number of nitrogens with one attached hydrogen (secondary N) is 1. The molecular weight excluding hydrogens is 615 g/mol. The van der Waals surface area contributed by atoms with Gasteiger partial charge in [0, 0.05) is 21.7 Å². The van der Waals surface area contributed by atoms with Crippen LogP contribution in [-0.4, -0.2) is 4.98 Å². The number of hydrogen-bond donors (Lipinski definition) is 1. The summed E-state index contributed by atoms with van der Waals surface area (Å²) >= 11 is 0. The van der Waals surface area contributed by atoms with E-state index >= 15 is 0 Å². The highest BCUT2D eigenvalue weighted by atomic mass is 14.7. The Hall–Kier alpha value is -6.70. The van der Waals surface area contributed by atoms with E-state index in [-0.39, 0.29) is 0 Å². The van der Waals surface area contributed by atoms with E-state index in [1.165, 1.54) is 104 Å². The van der Waals surface area contributed by atoms with Gasteiger partial charge in [0.1, 0.15) is 0 Å². The number of H-pyrrole nitrogens is 1. The highest BCUT2D eigenvalue weighted by Gasteiger charge is 2.19. The summed E-state index contributed by atoms with van der Waals surface area (Å²) in [5, 5.41) is 15.3. The third-order valence-corrected chi connectivity index (χ3v) is 11.0. The molecule has 0 unspecified atom stereocenters. The van der Waals surface area contributed by atoms with Gasteiger partial charge in [0.15, 0.2) is 0 Å². The lowest BCUT2D eigenvalue weighted by atomic mass is 9.84. The van der Waals surface area contributed by atoms with Gasteiger partial charge >= 0.3 is 0 Å². The van der Waals surface area contributed by atoms with Gasteiger partial charge in [-0.1, -0.05) is 164 Å². The van der Waals surface area contributed by atoms with Crippen LogP contribution in [0.4, 0.5) is 0 Å². The molecule has 1 N–H and O–H groups in total. The zero-order valence-electron chi connectivity index (χ0n) is 27.8. The van der Waals surface area contributed by atoms with Crippen LogP contribution in [-0.2, 0) is 0 Å². The van der Waals surface area contributed by atoms with Crippen LogP contribution in [0.3, 0.4) is 0 Å². The van der Waals surface area contributed by atoms with Crippen molar-refractivity contribution in [2.45, 2.75) is 0 Å².